The van der Waals surface area contributed by atoms with Crippen molar-refractivity contribution < 1.29 is 14.3 Å². The van der Waals surface area contributed by atoms with Gasteiger partial charge in [0.2, 0.25) is 5.91 Å². The lowest BCUT2D eigenvalue weighted by Crippen LogP contribution is -2.45. The van der Waals surface area contributed by atoms with Gasteiger partial charge in [-0.3, -0.25) is 9.59 Å². The van der Waals surface area contributed by atoms with Gasteiger partial charge in [-0.15, -0.1) is 0 Å². The van der Waals surface area contributed by atoms with Gasteiger partial charge in [0.15, 0.2) is 5.78 Å². The van der Waals surface area contributed by atoms with Crippen molar-refractivity contribution in [3.63, 3.8) is 0 Å². The number of ether oxygens (including phenoxy) is 1. The van der Waals surface area contributed by atoms with Gasteiger partial charge in [-0.05, 0) is 42.9 Å². The number of benzene rings is 2. The fourth-order valence-corrected chi connectivity index (χ4v) is 6.12. The highest BCUT2D eigenvalue weighted by molar-refractivity contribution is 6.02. The second-order valence-electron chi connectivity index (χ2n) is 11.2. The maximum absolute atomic E-state index is 13.8. The molecule has 0 bridgehead atoms. The molecule has 1 aliphatic heterocycles. The minimum absolute atomic E-state index is 0.00996. The Labute approximate surface area is 214 Å². The number of carbonyl (C=O) groups is 2. The summed E-state index contributed by atoms with van der Waals surface area (Å²) in [6.45, 7) is 4.44. The van der Waals surface area contributed by atoms with Crippen LogP contribution in [0.4, 0.5) is 11.4 Å². The summed E-state index contributed by atoms with van der Waals surface area (Å²) in [7, 11) is 1.66. The van der Waals surface area contributed by atoms with Crippen molar-refractivity contribution >= 4 is 23.1 Å². The normalized spacial score (nSPS) is 21.7. The SMILES string of the molecule is COc1ccccc1[C@H]1C2=C(CC(C)(C)CC2=O)Nc2ccccc2N1CC(=O)NC1CCCCC1. The number of allylic oxidation sites excluding steroid dienone is 1. The first-order valence-corrected chi connectivity index (χ1v) is 13.2. The number of hydrogen-bond acceptors (Lipinski definition) is 5. The number of amides is 1. The molecule has 1 fully saturated rings. The molecule has 0 saturated heterocycles. The summed E-state index contributed by atoms with van der Waals surface area (Å²) in [4.78, 5) is 29.4. The minimum Gasteiger partial charge on any atom is -0.496 e. The van der Waals surface area contributed by atoms with Crippen LogP contribution >= 0.6 is 0 Å². The number of carbonyl (C=O) groups excluding carboxylic acids is 2. The van der Waals surface area contributed by atoms with E-state index in [0.29, 0.717) is 12.2 Å². The van der Waals surface area contributed by atoms with E-state index in [-0.39, 0.29) is 29.7 Å². The van der Waals surface area contributed by atoms with Gasteiger partial charge in [-0.2, -0.15) is 0 Å². The van der Waals surface area contributed by atoms with Gasteiger partial charge in [0.1, 0.15) is 5.75 Å². The number of para-hydroxylation sites is 3. The molecule has 0 aromatic heterocycles. The highest BCUT2D eigenvalue weighted by atomic mass is 16.5. The van der Waals surface area contributed by atoms with Gasteiger partial charge < -0.3 is 20.3 Å². The van der Waals surface area contributed by atoms with E-state index in [2.05, 4.69) is 29.4 Å². The Morgan fingerprint density at radius 3 is 2.56 bits per heavy atom. The highest BCUT2D eigenvalue weighted by Crippen LogP contribution is 2.49. The average molecular weight is 488 g/mol. The van der Waals surface area contributed by atoms with Crippen LogP contribution in [0.25, 0.3) is 0 Å². The van der Waals surface area contributed by atoms with Crippen molar-refractivity contribution in [2.45, 2.75) is 70.9 Å². The first-order valence-electron chi connectivity index (χ1n) is 13.2. The number of ketones is 1. The van der Waals surface area contributed by atoms with Gasteiger partial charge in [0, 0.05) is 29.3 Å². The van der Waals surface area contributed by atoms with Gasteiger partial charge in [0.25, 0.3) is 0 Å². The molecule has 2 aliphatic carbocycles. The molecule has 2 aromatic carbocycles. The third-order valence-electron chi connectivity index (χ3n) is 7.72. The van der Waals surface area contributed by atoms with Crippen LogP contribution in [0.1, 0.15) is 70.4 Å². The number of rotatable bonds is 5. The van der Waals surface area contributed by atoms with Crippen molar-refractivity contribution in [1.82, 2.24) is 5.32 Å². The quantitative estimate of drug-likeness (QED) is 0.561. The smallest absolute Gasteiger partial charge is 0.239 e. The van der Waals surface area contributed by atoms with E-state index in [1.54, 1.807) is 7.11 Å². The molecule has 1 atom stereocenters. The fraction of sp³-hybridized carbons (Fsp3) is 0.467. The number of anilines is 2. The summed E-state index contributed by atoms with van der Waals surface area (Å²) in [5.41, 5.74) is 4.25. The third kappa shape index (κ3) is 4.86. The van der Waals surface area contributed by atoms with Crippen LogP contribution < -0.4 is 20.3 Å². The van der Waals surface area contributed by atoms with Crippen LogP contribution in [-0.2, 0) is 9.59 Å². The molecule has 2 N–H and O–H groups in total. The molecule has 190 valence electrons. The lowest BCUT2D eigenvalue weighted by molar-refractivity contribution is -0.121. The van der Waals surface area contributed by atoms with Gasteiger partial charge in [-0.1, -0.05) is 63.4 Å². The molecule has 36 heavy (non-hydrogen) atoms. The van der Waals surface area contributed by atoms with E-state index in [1.165, 1.54) is 6.42 Å². The van der Waals surface area contributed by atoms with Crippen LogP contribution in [0.15, 0.2) is 59.8 Å². The summed E-state index contributed by atoms with van der Waals surface area (Å²) in [5, 5.41) is 6.89. The summed E-state index contributed by atoms with van der Waals surface area (Å²) < 4.78 is 5.78. The lowest BCUT2D eigenvalue weighted by atomic mass is 9.73. The van der Waals surface area contributed by atoms with E-state index in [0.717, 1.165) is 60.3 Å². The second-order valence-corrected chi connectivity index (χ2v) is 11.2. The molecular formula is C30H37N3O3. The Balaban J connectivity index is 1.63. The van der Waals surface area contributed by atoms with Crippen molar-refractivity contribution in [3.05, 3.63) is 65.4 Å². The van der Waals surface area contributed by atoms with Gasteiger partial charge in [-0.25, -0.2) is 0 Å². The lowest BCUT2D eigenvalue weighted by Gasteiger charge is -2.38. The molecule has 6 heteroatoms. The van der Waals surface area contributed by atoms with E-state index in [9.17, 15) is 9.59 Å². The summed E-state index contributed by atoms with van der Waals surface area (Å²) >= 11 is 0. The zero-order valence-electron chi connectivity index (χ0n) is 21.6. The Morgan fingerprint density at radius 1 is 1.06 bits per heavy atom. The average Bonchev–Trinajstić information content (AvgIpc) is 2.98. The number of hydrogen-bond donors (Lipinski definition) is 2. The molecule has 6 nitrogen and oxygen atoms in total. The monoisotopic (exact) mass is 487 g/mol. The first-order chi connectivity index (χ1) is 17.4. The number of nitrogens with one attached hydrogen (secondary N) is 2. The molecule has 2 aromatic rings. The van der Waals surface area contributed by atoms with Crippen molar-refractivity contribution in [2.75, 3.05) is 23.9 Å². The number of nitrogens with zero attached hydrogens (tertiary/aromatic N) is 1. The zero-order valence-corrected chi connectivity index (χ0v) is 21.6. The Bertz CT molecular complexity index is 1180. The molecule has 3 aliphatic rings. The van der Waals surface area contributed by atoms with Crippen LogP contribution in [0.5, 0.6) is 5.75 Å². The molecule has 0 spiro atoms. The Hall–Kier alpha value is -3.28. The Morgan fingerprint density at radius 2 is 1.78 bits per heavy atom. The number of methoxy groups -OCH3 is 1. The molecule has 1 saturated carbocycles. The molecule has 0 radical (unpaired) electrons. The standard InChI is InChI=1S/C30H37N3O3/c1-30(2)17-23-28(25(34)18-30)29(21-13-7-10-16-26(21)36-3)33(24-15-9-8-14-22(24)32-23)19-27(35)31-20-11-5-4-6-12-20/h7-10,13-16,20,29,32H,4-6,11-12,17-19H2,1-3H3,(H,31,35)/t29-/m0/s1. The third-order valence-corrected chi connectivity index (χ3v) is 7.72. The Kier molecular flexibility index (Phi) is 6.78. The number of fused-ring (bicyclic) bond motifs is 1. The van der Waals surface area contributed by atoms with Crippen molar-refractivity contribution in [1.29, 1.82) is 0 Å². The maximum atomic E-state index is 13.8. The van der Waals surface area contributed by atoms with Crippen molar-refractivity contribution in [2.24, 2.45) is 5.41 Å². The summed E-state index contributed by atoms with van der Waals surface area (Å²) in [6, 6.07) is 15.7. The van der Waals surface area contributed by atoms with E-state index < -0.39 is 6.04 Å². The van der Waals surface area contributed by atoms with Crippen molar-refractivity contribution in [3.8, 4) is 5.75 Å². The topological polar surface area (TPSA) is 70.7 Å². The van der Waals surface area contributed by atoms with Crippen LogP contribution in [-0.4, -0.2) is 31.4 Å². The summed E-state index contributed by atoms with van der Waals surface area (Å²) in [5.74, 6) is 0.823. The van der Waals surface area contributed by atoms with Crippen LogP contribution in [0.3, 0.4) is 0 Å². The van der Waals surface area contributed by atoms with E-state index >= 15 is 0 Å². The zero-order chi connectivity index (χ0) is 25.3. The predicted octanol–water partition coefficient (Wildman–Crippen LogP) is 5.76. The summed E-state index contributed by atoms with van der Waals surface area (Å²) in [6.07, 6.45) is 6.85. The molecular weight excluding hydrogens is 450 g/mol. The van der Waals surface area contributed by atoms with E-state index in [4.69, 9.17) is 4.74 Å². The maximum Gasteiger partial charge on any atom is 0.239 e. The predicted molar refractivity (Wildman–Crippen MR) is 143 cm³/mol. The first kappa shape index (κ1) is 24.4. The molecule has 1 amide bonds. The molecule has 1 heterocycles. The van der Waals surface area contributed by atoms with Crippen LogP contribution in [0.2, 0.25) is 0 Å². The highest BCUT2D eigenvalue weighted by Gasteiger charge is 2.42. The van der Waals surface area contributed by atoms with Gasteiger partial charge >= 0.3 is 0 Å². The van der Waals surface area contributed by atoms with Crippen LogP contribution in [0, 0.1) is 5.41 Å². The molecule has 5 rings (SSSR count). The fourth-order valence-electron chi connectivity index (χ4n) is 6.12. The minimum atomic E-state index is -0.437. The largest absolute Gasteiger partial charge is 0.496 e. The molecule has 0 unspecified atom stereocenters. The van der Waals surface area contributed by atoms with E-state index in [1.807, 2.05) is 48.5 Å². The number of Topliss-reactive ketones (excluding diaryl/α,β-unsaturated/α-hetero) is 1. The van der Waals surface area contributed by atoms with Gasteiger partial charge in [0.05, 0.1) is 31.1 Å². The second kappa shape index (κ2) is 10.00.